The number of aromatic amines is 1. The number of fused-ring (bicyclic) bond motifs is 1. The molecule has 1 aromatic heterocycles. The number of aromatic nitrogens is 2. The van der Waals surface area contributed by atoms with Gasteiger partial charge in [0.15, 0.2) is 0 Å². The van der Waals surface area contributed by atoms with Crippen LogP contribution in [0.1, 0.15) is 5.82 Å². The molecular weight excluding hydrogens is 252 g/mol. The number of nitrogens with one attached hydrogen (secondary N) is 1. The Hall–Kier alpha value is -1.40. The molecule has 0 aliphatic heterocycles. The fraction of sp³-hybridized carbons (Fsp3) is 0.111. The number of para-hydroxylation sites is 1. The standard InChI is InChI=1S/C9H7ClN2O3S/c10-16(14,15)5-8-11-7-4-2-1-3-6(7)9(13)12-8/h1-4H,5H2,(H,11,12,13). The first-order valence-electron chi connectivity index (χ1n) is 4.36. The summed E-state index contributed by atoms with van der Waals surface area (Å²) in [5, 5.41) is 0.415. The van der Waals surface area contributed by atoms with Gasteiger partial charge in [0, 0.05) is 10.7 Å². The van der Waals surface area contributed by atoms with E-state index in [-0.39, 0.29) is 11.4 Å². The van der Waals surface area contributed by atoms with Gasteiger partial charge in [0.1, 0.15) is 11.6 Å². The maximum Gasteiger partial charge on any atom is 0.258 e. The number of halogens is 1. The lowest BCUT2D eigenvalue weighted by atomic mass is 10.2. The number of rotatable bonds is 2. The first-order chi connectivity index (χ1) is 7.46. The minimum absolute atomic E-state index is 0.0405. The lowest BCUT2D eigenvalue weighted by Gasteiger charge is -2.00. The van der Waals surface area contributed by atoms with Gasteiger partial charge in [-0.15, -0.1) is 0 Å². The molecule has 1 aromatic carbocycles. The average Bonchev–Trinajstić information content (AvgIpc) is 2.15. The molecule has 0 saturated heterocycles. The van der Waals surface area contributed by atoms with E-state index in [1.807, 2.05) is 0 Å². The van der Waals surface area contributed by atoms with Gasteiger partial charge in [0.2, 0.25) is 9.05 Å². The number of benzene rings is 1. The summed E-state index contributed by atoms with van der Waals surface area (Å²) in [6, 6.07) is 6.67. The van der Waals surface area contributed by atoms with Crippen LogP contribution in [0, 0.1) is 0 Å². The Morgan fingerprint density at radius 1 is 1.31 bits per heavy atom. The van der Waals surface area contributed by atoms with E-state index in [4.69, 9.17) is 10.7 Å². The van der Waals surface area contributed by atoms with Gasteiger partial charge in [0.05, 0.1) is 10.9 Å². The van der Waals surface area contributed by atoms with Crippen molar-refractivity contribution in [3.8, 4) is 0 Å². The Bertz CT molecular complexity index is 693. The normalized spacial score (nSPS) is 11.8. The number of nitrogens with zero attached hydrogens (tertiary/aromatic N) is 1. The number of H-pyrrole nitrogens is 1. The molecule has 0 radical (unpaired) electrons. The fourth-order valence-corrected chi connectivity index (χ4v) is 2.14. The molecule has 1 heterocycles. The zero-order valence-corrected chi connectivity index (χ0v) is 9.55. The summed E-state index contributed by atoms with van der Waals surface area (Å²) in [6.07, 6.45) is 0. The van der Waals surface area contributed by atoms with Crippen molar-refractivity contribution in [3.63, 3.8) is 0 Å². The topological polar surface area (TPSA) is 79.9 Å². The van der Waals surface area contributed by atoms with Gasteiger partial charge in [-0.05, 0) is 12.1 Å². The predicted octanol–water partition coefficient (Wildman–Crippen LogP) is 0.992. The first-order valence-corrected chi connectivity index (χ1v) is 6.84. The van der Waals surface area contributed by atoms with Gasteiger partial charge in [-0.3, -0.25) is 4.79 Å². The fourth-order valence-electron chi connectivity index (χ4n) is 1.37. The van der Waals surface area contributed by atoms with Crippen LogP contribution in [0.5, 0.6) is 0 Å². The Kier molecular flexibility index (Phi) is 2.69. The van der Waals surface area contributed by atoms with Crippen LogP contribution in [0.3, 0.4) is 0 Å². The second-order valence-electron chi connectivity index (χ2n) is 3.21. The number of hydrogen-bond donors (Lipinski definition) is 1. The summed E-state index contributed by atoms with van der Waals surface area (Å²) < 4.78 is 21.7. The maximum absolute atomic E-state index is 11.6. The smallest absolute Gasteiger partial charge is 0.258 e. The van der Waals surface area contributed by atoms with Gasteiger partial charge in [-0.1, -0.05) is 12.1 Å². The predicted molar refractivity (Wildman–Crippen MR) is 60.8 cm³/mol. The molecule has 0 amide bonds. The zero-order chi connectivity index (χ0) is 11.8. The van der Waals surface area contributed by atoms with Gasteiger partial charge < -0.3 is 4.98 Å². The molecule has 0 atom stereocenters. The van der Waals surface area contributed by atoms with Crippen LogP contribution < -0.4 is 5.56 Å². The largest absolute Gasteiger partial charge is 0.309 e. The highest BCUT2D eigenvalue weighted by atomic mass is 35.7. The average molecular weight is 259 g/mol. The molecule has 0 fully saturated rings. The third kappa shape index (κ3) is 2.40. The quantitative estimate of drug-likeness (QED) is 0.815. The van der Waals surface area contributed by atoms with E-state index in [9.17, 15) is 13.2 Å². The van der Waals surface area contributed by atoms with Crippen molar-refractivity contribution in [2.75, 3.05) is 0 Å². The SMILES string of the molecule is O=c1[nH]c(CS(=O)(=O)Cl)nc2ccccc12. The molecule has 0 aliphatic carbocycles. The number of hydrogen-bond acceptors (Lipinski definition) is 4. The van der Waals surface area contributed by atoms with Gasteiger partial charge in [0.25, 0.3) is 5.56 Å². The molecule has 0 aliphatic rings. The Balaban J connectivity index is 2.63. The highest BCUT2D eigenvalue weighted by molar-refractivity contribution is 8.13. The van der Waals surface area contributed by atoms with Crippen LogP contribution in [0.4, 0.5) is 0 Å². The molecule has 0 unspecified atom stereocenters. The van der Waals surface area contributed by atoms with Gasteiger partial charge >= 0.3 is 0 Å². The molecule has 0 bridgehead atoms. The van der Waals surface area contributed by atoms with Crippen LogP contribution in [0.15, 0.2) is 29.1 Å². The van der Waals surface area contributed by atoms with E-state index in [1.165, 1.54) is 0 Å². The minimum Gasteiger partial charge on any atom is -0.309 e. The molecule has 84 valence electrons. The highest BCUT2D eigenvalue weighted by Gasteiger charge is 2.10. The molecule has 0 spiro atoms. The summed E-state index contributed by atoms with van der Waals surface area (Å²) in [4.78, 5) is 17.9. The van der Waals surface area contributed by atoms with Crippen LogP contribution in [0.2, 0.25) is 0 Å². The van der Waals surface area contributed by atoms with Crippen molar-refractivity contribution < 1.29 is 8.42 Å². The van der Waals surface area contributed by atoms with Gasteiger partial charge in [-0.2, -0.15) is 0 Å². The third-order valence-corrected chi connectivity index (χ3v) is 2.92. The van der Waals surface area contributed by atoms with Gasteiger partial charge in [-0.25, -0.2) is 13.4 Å². The van der Waals surface area contributed by atoms with Crippen molar-refractivity contribution in [3.05, 3.63) is 40.4 Å². The Morgan fingerprint density at radius 3 is 2.69 bits per heavy atom. The van der Waals surface area contributed by atoms with Crippen molar-refractivity contribution in [1.29, 1.82) is 0 Å². The molecule has 1 N–H and O–H groups in total. The van der Waals surface area contributed by atoms with Crippen LogP contribution in [-0.4, -0.2) is 18.4 Å². The van der Waals surface area contributed by atoms with E-state index < -0.39 is 14.8 Å². The summed E-state index contributed by atoms with van der Waals surface area (Å²) in [5.41, 5.74) is 0.0717. The van der Waals surface area contributed by atoms with Crippen LogP contribution >= 0.6 is 10.7 Å². The molecule has 2 rings (SSSR count). The lowest BCUT2D eigenvalue weighted by Crippen LogP contribution is -2.13. The monoisotopic (exact) mass is 258 g/mol. The summed E-state index contributed by atoms with van der Waals surface area (Å²) in [6.45, 7) is 0. The molecule has 2 aromatic rings. The molecule has 16 heavy (non-hydrogen) atoms. The molecule has 7 heteroatoms. The Morgan fingerprint density at radius 2 is 2.00 bits per heavy atom. The minimum atomic E-state index is -3.72. The second-order valence-corrected chi connectivity index (χ2v) is 5.99. The van der Waals surface area contributed by atoms with E-state index in [0.29, 0.717) is 10.9 Å². The molecular formula is C9H7ClN2O3S. The summed E-state index contributed by atoms with van der Waals surface area (Å²) in [5.74, 6) is -0.451. The molecule has 5 nitrogen and oxygen atoms in total. The van der Waals surface area contributed by atoms with Crippen LogP contribution in [0.25, 0.3) is 10.9 Å². The summed E-state index contributed by atoms with van der Waals surface area (Å²) >= 11 is 0. The van der Waals surface area contributed by atoms with E-state index >= 15 is 0 Å². The van der Waals surface area contributed by atoms with Crippen LogP contribution in [-0.2, 0) is 14.8 Å². The first kappa shape index (κ1) is 11.1. The van der Waals surface area contributed by atoms with E-state index in [0.717, 1.165) is 0 Å². The third-order valence-electron chi connectivity index (χ3n) is 1.97. The zero-order valence-electron chi connectivity index (χ0n) is 7.97. The van der Waals surface area contributed by atoms with Crippen molar-refractivity contribution in [2.45, 2.75) is 5.75 Å². The van der Waals surface area contributed by atoms with E-state index in [2.05, 4.69) is 9.97 Å². The summed E-state index contributed by atoms with van der Waals surface area (Å²) in [7, 11) is 1.36. The Labute approximate surface area is 95.5 Å². The van der Waals surface area contributed by atoms with Crippen molar-refractivity contribution in [1.82, 2.24) is 9.97 Å². The van der Waals surface area contributed by atoms with Crippen molar-refractivity contribution >= 4 is 30.6 Å². The maximum atomic E-state index is 11.6. The molecule has 0 saturated carbocycles. The van der Waals surface area contributed by atoms with Crippen molar-refractivity contribution in [2.24, 2.45) is 0 Å². The van der Waals surface area contributed by atoms with E-state index in [1.54, 1.807) is 24.3 Å². The second kappa shape index (κ2) is 3.88. The lowest BCUT2D eigenvalue weighted by molar-refractivity contribution is 0.607. The highest BCUT2D eigenvalue weighted by Crippen LogP contribution is 2.09.